The van der Waals surface area contributed by atoms with Gasteiger partial charge in [0.15, 0.2) is 0 Å². The van der Waals surface area contributed by atoms with Gasteiger partial charge >= 0.3 is 6.03 Å². The Bertz CT molecular complexity index is 320. The van der Waals surface area contributed by atoms with Crippen molar-refractivity contribution in [2.45, 2.75) is 52.4 Å². The molecule has 2 fully saturated rings. The summed E-state index contributed by atoms with van der Waals surface area (Å²) in [6.07, 6.45) is 7.04. The van der Waals surface area contributed by atoms with Crippen molar-refractivity contribution in [3.05, 3.63) is 0 Å². The number of urea groups is 1. The van der Waals surface area contributed by atoms with E-state index in [-0.39, 0.29) is 18.1 Å². The van der Waals surface area contributed by atoms with E-state index in [9.17, 15) is 9.90 Å². The van der Waals surface area contributed by atoms with Crippen LogP contribution in [0.15, 0.2) is 0 Å². The molecule has 0 aliphatic heterocycles. The third kappa shape index (κ3) is 3.85. The third-order valence-corrected chi connectivity index (χ3v) is 4.80. The largest absolute Gasteiger partial charge is 0.396 e. The van der Waals surface area contributed by atoms with E-state index in [0.29, 0.717) is 17.9 Å². The van der Waals surface area contributed by atoms with Crippen LogP contribution in [0.25, 0.3) is 0 Å². The van der Waals surface area contributed by atoms with Crippen LogP contribution in [0.4, 0.5) is 4.79 Å². The van der Waals surface area contributed by atoms with E-state index in [4.69, 9.17) is 0 Å². The lowest BCUT2D eigenvalue weighted by Crippen LogP contribution is -2.47. The van der Waals surface area contributed by atoms with Crippen molar-refractivity contribution in [1.82, 2.24) is 10.6 Å². The highest BCUT2D eigenvalue weighted by Crippen LogP contribution is 2.45. The first-order valence-electron chi connectivity index (χ1n) is 7.62. The summed E-state index contributed by atoms with van der Waals surface area (Å²) in [6.45, 7) is 6.08. The van der Waals surface area contributed by atoms with Gasteiger partial charge in [-0.3, -0.25) is 0 Å². The van der Waals surface area contributed by atoms with E-state index in [1.807, 2.05) is 0 Å². The van der Waals surface area contributed by atoms with Crippen molar-refractivity contribution in [2.24, 2.45) is 16.7 Å². The number of nitrogens with one attached hydrogen (secondary N) is 2. The van der Waals surface area contributed by atoms with E-state index >= 15 is 0 Å². The number of hydrogen-bond acceptors (Lipinski definition) is 2. The van der Waals surface area contributed by atoms with Gasteiger partial charge in [-0.1, -0.05) is 20.3 Å². The van der Waals surface area contributed by atoms with E-state index < -0.39 is 0 Å². The van der Waals surface area contributed by atoms with Crippen LogP contribution >= 0.6 is 0 Å². The summed E-state index contributed by atoms with van der Waals surface area (Å²) in [4.78, 5) is 11.8. The molecular formula is C15H28N2O2. The van der Waals surface area contributed by atoms with Crippen molar-refractivity contribution >= 4 is 6.03 Å². The number of carbonyl (C=O) groups is 1. The van der Waals surface area contributed by atoms with Gasteiger partial charge in [-0.05, 0) is 43.4 Å². The van der Waals surface area contributed by atoms with Crippen molar-refractivity contribution in [1.29, 1.82) is 0 Å². The highest BCUT2D eigenvalue weighted by molar-refractivity contribution is 5.74. The molecule has 2 amide bonds. The average Bonchev–Trinajstić information content (AvgIpc) is 3.10. The molecule has 0 heterocycles. The standard InChI is InChI=1S/C15H28N2O2/c1-12(2)8-14(4-3-5-14)9-16-13(19)17-10-15(11-18)6-7-15/h12,18H,3-11H2,1-2H3,(H2,16,17,19). The maximum atomic E-state index is 11.8. The van der Waals surface area contributed by atoms with Gasteiger partial charge in [0.25, 0.3) is 0 Å². The van der Waals surface area contributed by atoms with Crippen molar-refractivity contribution in [3.8, 4) is 0 Å². The normalized spacial score (nSPS) is 22.7. The van der Waals surface area contributed by atoms with Crippen molar-refractivity contribution in [2.75, 3.05) is 19.7 Å². The van der Waals surface area contributed by atoms with E-state index in [0.717, 1.165) is 19.4 Å². The van der Waals surface area contributed by atoms with Crippen LogP contribution < -0.4 is 10.6 Å². The van der Waals surface area contributed by atoms with Gasteiger partial charge in [0.1, 0.15) is 0 Å². The molecule has 0 radical (unpaired) electrons. The van der Waals surface area contributed by atoms with E-state index in [1.54, 1.807) is 0 Å². The molecule has 19 heavy (non-hydrogen) atoms. The lowest BCUT2D eigenvalue weighted by atomic mass is 9.64. The molecule has 0 bridgehead atoms. The Kier molecular flexibility index (Phi) is 4.39. The van der Waals surface area contributed by atoms with Crippen LogP contribution in [0.1, 0.15) is 52.4 Å². The zero-order valence-electron chi connectivity index (χ0n) is 12.3. The highest BCUT2D eigenvalue weighted by atomic mass is 16.3. The molecule has 3 N–H and O–H groups in total. The molecule has 110 valence electrons. The maximum Gasteiger partial charge on any atom is 0.314 e. The minimum atomic E-state index is -0.0743. The molecule has 0 aromatic rings. The van der Waals surface area contributed by atoms with Gasteiger partial charge in [0.2, 0.25) is 0 Å². The van der Waals surface area contributed by atoms with Crippen LogP contribution in [0.3, 0.4) is 0 Å². The number of aliphatic hydroxyl groups excluding tert-OH is 1. The Morgan fingerprint density at radius 3 is 2.05 bits per heavy atom. The van der Waals surface area contributed by atoms with Gasteiger partial charge in [-0.2, -0.15) is 0 Å². The lowest BCUT2D eigenvalue weighted by Gasteiger charge is -2.43. The fourth-order valence-corrected chi connectivity index (χ4v) is 3.16. The third-order valence-electron chi connectivity index (χ3n) is 4.80. The summed E-state index contributed by atoms with van der Waals surface area (Å²) < 4.78 is 0. The smallest absolute Gasteiger partial charge is 0.314 e. The predicted octanol–water partition coefficient (Wildman–Crippen LogP) is 2.27. The Morgan fingerprint density at radius 1 is 1.11 bits per heavy atom. The number of aliphatic hydroxyl groups is 1. The molecule has 4 heteroatoms. The molecule has 0 aromatic heterocycles. The van der Waals surface area contributed by atoms with Crippen molar-refractivity contribution < 1.29 is 9.90 Å². The average molecular weight is 268 g/mol. The van der Waals surface area contributed by atoms with E-state index in [2.05, 4.69) is 24.5 Å². The molecule has 2 saturated carbocycles. The van der Waals surface area contributed by atoms with Gasteiger partial charge in [0.05, 0.1) is 6.61 Å². The number of rotatable bonds is 7. The summed E-state index contributed by atoms with van der Waals surface area (Å²) in [6, 6.07) is -0.0743. The molecule has 2 aliphatic carbocycles. The summed E-state index contributed by atoms with van der Waals surface area (Å²) >= 11 is 0. The Morgan fingerprint density at radius 2 is 1.68 bits per heavy atom. The molecule has 2 rings (SSSR count). The SMILES string of the molecule is CC(C)CC1(CNC(=O)NCC2(CO)CC2)CCC1. The first kappa shape index (κ1) is 14.6. The number of hydrogen-bond donors (Lipinski definition) is 3. The van der Waals surface area contributed by atoms with Crippen LogP contribution in [0.2, 0.25) is 0 Å². The lowest BCUT2D eigenvalue weighted by molar-refractivity contribution is 0.100. The van der Waals surface area contributed by atoms with Gasteiger partial charge in [-0.15, -0.1) is 0 Å². The fraction of sp³-hybridized carbons (Fsp3) is 0.933. The minimum Gasteiger partial charge on any atom is -0.396 e. The first-order chi connectivity index (χ1) is 8.99. The summed E-state index contributed by atoms with van der Waals surface area (Å²) in [5.41, 5.74) is 0.336. The van der Waals surface area contributed by atoms with Crippen LogP contribution in [0.5, 0.6) is 0 Å². The number of amides is 2. The van der Waals surface area contributed by atoms with Gasteiger partial charge in [-0.25, -0.2) is 4.79 Å². The molecule has 0 spiro atoms. The van der Waals surface area contributed by atoms with Crippen LogP contribution in [0, 0.1) is 16.7 Å². The zero-order chi connectivity index (χ0) is 13.9. The first-order valence-corrected chi connectivity index (χ1v) is 7.62. The number of carbonyl (C=O) groups excluding carboxylic acids is 1. The minimum absolute atomic E-state index is 0.0105. The molecule has 0 unspecified atom stereocenters. The molecular weight excluding hydrogens is 240 g/mol. The summed E-state index contributed by atoms with van der Waals surface area (Å²) in [5, 5.41) is 15.1. The fourth-order valence-electron chi connectivity index (χ4n) is 3.16. The van der Waals surface area contributed by atoms with Gasteiger partial charge < -0.3 is 15.7 Å². The molecule has 4 nitrogen and oxygen atoms in total. The van der Waals surface area contributed by atoms with Crippen molar-refractivity contribution in [3.63, 3.8) is 0 Å². The van der Waals surface area contributed by atoms with Crippen LogP contribution in [-0.2, 0) is 0 Å². The molecule has 0 atom stereocenters. The van der Waals surface area contributed by atoms with E-state index in [1.165, 1.54) is 25.7 Å². The molecule has 0 aromatic carbocycles. The quantitative estimate of drug-likeness (QED) is 0.663. The molecule has 0 saturated heterocycles. The second kappa shape index (κ2) is 5.70. The predicted molar refractivity (Wildman–Crippen MR) is 75.9 cm³/mol. The second-order valence-electron chi connectivity index (χ2n) is 7.15. The zero-order valence-corrected chi connectivity index (χ0v) is 12.3. The molecule has 2 aliphatic rings. The summed E-state index contributed by atoms with van der Waals surface area (Å²) in [5.74, 6) is 0.689. The Labute approximate surface area is 116 Å². The Hall–Kier alpha value is -0.770. The topological polar surface area (TPSA) is 61.4 Å². The van der Waals surface area contributed by atoms with Crippen LogP contribution in [-0.4, -0.2) is 30.8 Å². The monoisotopic (exact) mass is 268 g/mol. The maximum absolute atomic E-state index is 11.8. The summed E-state index contributed by atoms with van der Waals surface area (Å²) in [7, 11) is 0. The second-order valence-corrected chi connectivity index (χ2v) is 7.15. The highest BCUT2D eigenvalue weighted by Gasteiger charge is 2.42. The van der Waals surface area contributed by atoms with Gasteiger partial charge in [0, 0.05) is 18.5 Å². The Balaban J connectivity index is 1.67.